The van der Waals surface area contributed by atoms with Gasteiger partial charge in [-0.1, -0.05) is 30.3 Å². The lowest BCUT2D eigenvalue weighted by Gasteiger charge is -2.07. The monoisotopic (exact) mass is 335 g/mol. The topological polar surface area (TPSA) is 69.4 Å². The summed E-state index contributed by atoms with van der Waals surface area (Å²) in [5, 5.41) is 0. The van der Waals surface area contributed by atoms with Crippen molar-refractivity contribution in [2.45, 2.75) is 10.6 Å². The number of nitrogens with two attached hydrogens (primary N) is 1. The van der Waals surface area contributed by atoms with Crippen LogP contribution in [0.5, 0.6) is 5.75 Å². The Bertz CT molecular complexity index is 756. The van der Waals surface area contributed by atoms with E-state index in [9.17, 15) is 12.8 Å². The summed E-state index contributed by atoms with van der Waals surface area (Å²) in [6.07, 6.45) is 1.22. The van der Waals surface area contributed by atoms with Crippen LogP contribution in [0.15, 0.2) is 71.4 Å². The first kappa shape index (κ1) is 17.2. The van der Waals surface area contributed by atoms with Crippen LogP contribution in [0.4, 0.5) is 4.39 Å². The van der Waals surface area contributed by atoms with Gasteiger partial charge in [-0.2, -0.15) is 0 Å². The number of hydrogen-bond donors (Lipinski definition) is 1. The van der Waals surface area contributed by atoms with E-state index in [-0.39, 0.29) is 23.8 Å². The van der Waals surface area contributed by atoms with E-state index in [2.05, 4.69) is 0 Å². The lowest BCUT2D eigenvalue weighted by molar-refractivity contribution is 0.318. The van der Waals surface area contributed by atoms with E-state index in [1.54, 1.807) is 24.3 Å². The molecule has 0 aliphatic rings. The largest absolute Gasteiger partial charge is 0.487 e. The van der Waals surface area contributed by atoms with Crippen LogP contribution in [0.25, 0.3) is 0 Å². The fourth-order valence-electron chi connectivity index (χ4n) is 1.96. The number of rotatable bonds is 7. The fraction of sp³-hybridized carbons (Fsp3) is 0.176. The second-order valence-electron chi connectivity index (χ2n) is 4.89. The predicted molar refractivity (Wildman–Crippen MR) is 87.5 cm³/mol. The number of halogens is 1. The molecule has 0 saturated carbocycles. The van der Waals surface area contributed by atoms with Crippen molar-refractivity contribution in [2.24, 2.45) is 5.73 Å². The van der Waals surface area contributed by atoms with Crippen molar-refractivity contribution in [2.75, 3.05) is 13.2 Å². The minimum absolute atomic E-state index is 0.0675. The zero-order chi connectivity index (χ0) is 16.7. The minimum atomic E-state index is -3.43. The molecule has 0 saturated heterocycles. The van der Waals surface area contributed by atoms with Gasteiger partial charge in [0, 0.05) is 6.54 Å². The molecule has 0 heterocycles. The van der Waals surface area contributed by atoms with Crippen LogP contribution in [0.2, 0.25) is 0 Å². The fourth-order valence-corrected chi connectivity index (χ4v) is 3.31. The van der Waals surface area contributed by atoms with Crippen molar-refractivity contribution in [1.29, 1.82) is 0 Å². The Morgan fingerprint density at radius 2 is 1.74 bits per heavy atom. The van der Waals surface area contributed by atoms with Gasteiger partial charge in [0.2, 0.25) is 0 Å². The van der Waals surface area contributed by atoms with Crippen LogP contribution in [0.3, 0.4) is 0 Å². The molecule has 23 heavy (non-hydrogen) atoms. The molecule has 4 nitrogen and oxygen atoms in total. The van der Waals surface area contributed by atoms with E-state index in [0.717, 1.165) is 5.56 Å². The van der Waals surface area contributed by atoms with Gasteiger partial charge in [-0.15, -0.1) is 0 Å². The van der Waals surface area contributed by atoms with E-state index in [0.29, 0.717) is 5.75 Å². The average molecular weight is 335 g/mol. The van der Waals surface area contributed by atoms with Gasteiger partial charge in [-0.05, 0) is 35.9 Å². The summed E-state index contributed by atoms with van der Waals surface area (Å²) >= 11 is 0. The molecule has 0 aliphatic carbocycles. The van der Waals surface area contributed by atoms with Gasteiger partial charge in [0.25, 0.3) is 0 Å². The third-order valence-electron chi connectivity index (χ3n) is 3.10. The first-order chi connectivity index (χ1) is 11.0. The van der Waals surface area contributed by atoms with Crippen molar-refractivity contribution in [3.63, 3.8) is 0 Å². The van der Waals surface area contributed by atoms with Crippen molar-refractivity contribution in [1.82, 2.24) is 0 Å². The van der Waals surface area contributed by atoms with Gasteiger partial charge in [-0.3, -0.25) is 0 Å². The predicted octanol–water partition coefficient (Wildman–Crippen LogP) is 2.85. The zero-order valence-electron chi connectivity index (χ0n) is 12.5. The lowest BCUT2D eigenvalue weighted by Crippen LogP contribution is -2.05. The van der Waals surface area contributed by atoms with Crippen molar-refractivity contribution in [3.8, 4) is 5.75 Å². The van der Waals surface area contributed by atoms with Crippen LogP contribution in [0, 0.1) is 0 Å². The van der Waals surface area contributed by atoms with Crippen LogP contribution in [0.1, 0.15) is 5.56 Å². The molecule has 0 spiro atoms. The highest BCUT2D eigenvalue weighted by Crippen LogP contribution is 2.20. The second-order valence-corrected chi connectivity index (χ2v) is 6.88. The maximum atomic E-state index is 13.2. The summed E-state index contributed by atoms with van der Waals surface area (Å²) < 4.78 is 43.1. The van der Waals surface area contributed by atoms with Crippen LogP contribution >= 0.6 is 0 Å². The Morgan fingerprint density at radius 1 is 1.09 bits per heavy atom. The molecule has 2 aromatic carbocycles. The van der Waals surface area contributed by atoms with Gasteiger partial charge in [0.05, 0.1) is 10.6 Å². The SMILES string of the molecule is NC/C=C(/F)COc1ccc(S(=O)(=O)Cc2ccccc2)cc1. The molecule has 2 N–H and O–H groups in total. The highest BCUT2D eigenvalue weighted by Gasteiger charge is 2.15. The molecule has 0 unspecified atom stereocenters. The summed E-state index contributed by atoms with van der Waals surface area (Å²) in [5.41, 5.74) is 5.91. The maximum absolute atomic E-state index is 13.2. The highest BCUT2D eigenvalue weighted by atomic mass is 32.2. The Hall–Kier alpha value is -2.18. The van der Waals surface area contributed by atoms with E-state index in [4.69, 9.17) is 10.5 Å². The van der Waals surface area contributed by atoms with Crippen molar-refractivity contribution >= 4 is 9.84 Å². The molecule has 2 rings (SSSR count). The summed E-state index contributed by atoms with van der Waals surface area (Å²) in [7, 11) is -3.43. The second kappa shape index (κ2) is 7.89. The third-order valence-corrected chi connectivity index (χ3v) is 4.80. The van der Waals surface area contributed by atoms with E-state index < -0.39 is 15.7 Å². The molecule has 0 radical (unpaired) electrons. The maximum Gasteiger partial charge on any atom is 0.182 e. The average Bonchev–Trinajstić information content (AvgIpc) is 2.54. The number of sulfone groups is 1. The number of benzene rings is 2. The van der Waals surface area contributed by atoms with Gasteiger partial charge >= 0.3 is 0 Å². The number of hydrogen-bond acceptors (Lipinski definition) is 4. The van der Waals surface area contributed by atoms with Gasteiger partial charge in [0.1, 0.15) is 18.2 Å². The van der Waals surface area contributed by atoms with E-state index in [1.165, 1.54) is 30.3 Å². The molecule has 122 valence electrons. The summed E-state index contributed by atoms with van der Waals surface area (Å²) in [6, 6.07) is 14.9. The first-order valence-corrected chi connectivity index (χ1v) is 8.70. The van der Waals surface area contributed by atoms with E-state index in [1.807, 2.05) is 6.07 Å². The Kier molecular flexibility index (Phi) is 5.90. The molecular weight excluding hydrogens is 317 g/mol. The Labute approximate surface area is 135 Å². The van der Waals surface area contributed by atoms with Crippen molar-refractivity contribution < 1.29 is 17.5 Å². The molecule has 0 amide bonds. The minimum Gasteiger partial charge on any atom is -0.487 e. The Morgan fingerprint density at radius 3 is 2.35 bits per heavy atom. The molecular formula is C17H18FNO3S. The van der Waals surface area contributed by atoms with E-state index >= 15 is 0 Å². The summed E-state index contributed by atoms with van der Waals surface area (Å²) in [6.45, 7) is -0.126. The van der Waals surface area contributed by atoms with Crippen LogP contribution < -0.4 is 10.5 Å². The van der Waals surface area contributed by atoms with Gasteiger partial charge in [-0.25, -0.2) is 12.8 Å². The van der Waals surface area contributed by atoms with Crippen molar-refractivity contribution in [3.05, 3.63) is 72.1 Å². The zero-order valence-corrected chi connectivity index (χ0v) is 13.3. The lowest BCUT2D eigenvalue weighted by atomic mass is 10.2. The molecule has 0 aromatic heterocycles. The standard InChI is InChI=1S/C17H18FNO3S/c18-15(10-11-19)12-22-16-6-8-17(9-7-16)23(20,21)13-14-4-2-1-3-5-14/h1-10H,11-13,19H2/b15-10+. The molecule has 0 fully saturated rings. The Balaban J connectivity index is 2.05. The molecule has 6 heteroatoms. The normalized spacial score (nSPS) is 12.2. The summed E-state index contributed by atoms with van der Waals surface area (Å²) in [4.78, 5) is 0.201. The van der Waals surface area contributed by atoms with Gasteiger partial charge < -0.3 is 10.5 Å². The molecule has 0 aliphatic heterocycles. The number of ether oxygens (including phenoxy) is 1. The van der Waals surface area contributed by atoms with Crippen LogP contribution in [-0.4, -0.2) is 21.6 Å². The molecule has 2 aromatic rings. The van der Waals surface area contributed by atoms with Crippen LogP contribution in [-0.2, 0) is 15.6 Å². The quantitative estimate of drug-likeness (QED) is 0.845. The highest BCUT2D eigenvalue weighted by molar-refractivity contribution is 7.90. The third kappa shape index (κ3) is 5.19. The smallest absolute Gasteiger partial charge is 0.182 e. The van der Waals surface area contributed by atoms with Gasteiger partial charge in [0.15, 0.2) is 9.84 Å². The summed E-state index contributed by atoms with van der Waals surface area (Å²) in [5.74, 6) is -0.139. The first-order valence-electron chi connectivity index (χ1n) is 7.05. The molecule has 0 atom stereocenters. The molecule has 0 bridgehead atoms.